The summed E-state index contributed by atoms with van der Waals surface area (Å²) in [7, 11) is -3.18. The van der Waals surface area contributed by atoms with Crippen molar-refractivity contribution in [2.24, 2.45) is 0 Å². The Kier molecular flexibility index (Phi) is 16.6. The van der Waals surface area contributed by atoms with Crippen LogP contribution in [0.25, 0.3) is 0 Å². The summed E-state index contributed by atoms with van der Waals surface area (Å²) in [6.07, 6.45) is 0. The first-order chi connectivity index (χ1) is 3.97. The van der Waals surface area contributed by atoms with E-state index in [9.17, 15) is 0 Å². The molecular formula is CH7N2NaO5S. The third kappa shape index (κ3) is 37.4. The number of nitrogens with one attached hydrogen (secondary N) is 2. The van der Waals surface area contributed by atoms with Crippen LogP contribution in [0.4, 0.5) is 0 Å². The summed E-state index contributed by atoms with van der Waals surface area (Å²) in [4.78, 5) is 0.521. The molecule has 0 aromatic carbocycles. The number of hydrogen-bond donors (Lipinski definition) is 4. The van der Waals surface area contributed by atoms with Gasteiger partial charge in [0.1, 0.15) is 0 Å². The van der Waals surface area contributed by atoms with Crippen LogP contribution in [0.5, 0.6) is 0 Å². The number of hydroxylamine groups is 1. The largest absolute Gasteiger partial charge is 1.00 e. The van der Waals surface area contributed by atoms with E-state index in [1.807, 2.05) is 0 Å². The molecule has 0 aliphatic heterocycles. The molecule has 7 nitrogen and oxygen atoms in total. The van der Waals surface area contributed by atoms with E-state index in [0.717, 1.165) is 0 Å². The Morgan fingerprint density at radius 1 is 1.40 bits per heavy atom. The second-order valence-electron chi connectivity index (χ2n) is 0.769. The summed E-state index contributed by atoms with van der Waals surface area (Å²) in [6.45, 7) is 0. The Morgan fingerprint density at radius 3 is 1.50 bits per heavy atom. The molecule has 9 heteroatoms. The minimum Gasteiger partial charge on any atom is -0.734 e. The second-order valence-corrected chi connectivity index (χ2v) is 1.86. The van der Waals surface area contributed by atoms with Crippen molar-refractivity contribution in [1.29, 1.82) is 0 Å². The third-order valence-corrected chi connectivity index (χ3v) is 0.335. The molecular weight excluding hydrogens is 175 g/mol. The maximum Gasteiger partial charge on any atom is 1.00 e. The summed E-state index contributed by atoms with van der Waals surface area (Å²) >= 11 is 0. The van der Waals surface area contributed by atoms with Gasteiger partial charge in [0, 0.05) is 7.05 Å². The van der Waals surface area contributed by atoms with E-state index in [2.05, 4.69) is 0 Å². The van der Waals surface area contributed by atoms with Gasteiger partial charge in [0.05, 0.1) is 0 Å². The smallest absolute Gasteiger partial charge is 0.734 e. The van der Waals surface area contributed by atoms with Gasteiger partial charge in [-0.3, -0.25) is 0 Å². The van der Waals surface area contributed by atoms with Crippen LogP contribution in [0.15, 0.2) is 0 Å². The van der Waals surface area contributed by atoms with Crippen LogP contribution in [0.1, 0.15) is 0 Å². The molecule has 0 spiro atoms. The summed E-state index contributed by atoms with van der Waals surface area (Å²) in [5, 5.41) is 14.6. The van der Waals surface area contributed by atoms with Gasteiger partial charge in [0.2, 0.25) is 0 Å². The summed E-state index contributed by atoms with van der Waals surface area (Å²) in [6, 6.07) is 0. The Labute approximate surface area is 80.5 Å². The van der Waals surface area contributed by atoms with Crippen LogP contribution in [-0.4, -0.2) is 30.4 Å². The Bertz CT molecular complexity index is 133. The predicted molar refractivity (Wildman–Crippen MR) is 25.5 cm³/mol. The molecule has 0 heterocycles. The molecule has 0 aliphatic carbocycles. The first-order valence-electron chi connectivity index (χ1n) is 1.65. The Morgan fingerprint density at radius 2 is 1.50 bits per heavy atom. The zero-order chi connectivity index (χ0) is 7.91. The summed E-state index contributed by atoms with van der Waals surface area (Å²) < 4.78 is 27.2. The van der Waals surface area contributed by atoms with Crippen molar-refractivity contribution >= 4 is 10.3 Å². The van der Waals surface area contributed by atoms with Crippen molar-refractivity contribution in [2.45, 2.75) is 0 Å². The first kappa shape index (κ1) is 17.0. The van der Waals surface area contributed by atoms with E-state index in [-0.39, 0.29) is 29.6 Å². The average molecular weight is 182 g/mol. The summed E-state index contributed by atoms with van der Waals surface area (Å²) in [5.74, 6) is 0. The molecule has 0 atom stereocenters. The average Bonchev–Trinajstić information content (AvgIpc) is 1.67. The molecule has 0 amide bonds. The van der Waals surface area contributed by atoms with E-state index in [1.54, 1.807) is 5.48 Å². The van der Waals surface area contributed by atoms with Crippen molar-refractivity contribution in [3.8, 4) is 0 Å². The molecule has 58 valence electrons. The van der Waals surface area contributed by atoms with Crippen LogP contribution in [0.2, 0.25) is 0 Å². The second kappa shape index (κ2) is 9.75. The topological polar surface area (TPSA) is 122 Å². The summed E-state index contributed by atoms with van der Waals surface area (Å²) in [5.41, 5.74) is 1.75. The van der Waals surface area contributed by atoms with E-state index < -0.39 is 10.3 Å². The van der Waals surface area contributed by atoms with Crippen LogP contribution >= 0.6 is 0 Å². The molecule has 0 saturated carbocycles. The van der Waals surface area contributed by atoms with Crippen molar-refractivity contribution in [2.75, 3.05) is 7.05 Å². The van der Waals surface area contributed by atoms with Crippen LogP contribution < -0.4 is 39.9 Å². The van der Waals surface area contributed by atoms with Crippen molar-refractivity contribution < 1.29 is 52.9 Å². The molecule has 10 heavy (non-hydrogen) atoms. The maximum atomic E-state index is 9.08. The fraction of sp³-hybridized carbons (Fsp3) is 1.00. The van der Waals surface area contributed by atoms with Crippen LogP contribution in [-0.2, 0) is 10.3 Å². The minimum absolute atomic E-state index is 0. The Balaban J connectivity index is -0.000000107. The normalized spacial score (nSPS) is 8.80. The molecule has 0 radical (unpaired) electrons. The molecule has 0 saturated heterocycles. The zero-order valence-corrected chi connectivity index (χ0v) is 8.34. The van der Waals surface area contributed by atoms with Crippen molar-refractivity contribution in [1.82, 2.24) is 10.4 Å². The molecule has 0 aliphatic rings. The van der Waals surface area contributed by atoms with Gasteiger partial charge in [0.25, 0.3) is 0 Å². The molecule has 0 bridgehead atoms. The van der Waals surface area contributed by atoms with Gasteiger partial charge >= 0.3 is 29.6 Å². The molecule has 0 rings (SSSR count). The standard InChI is InChI=1S/CH5NO.H3NO4S.Na/c1-2-3;2-1-6(3,4)5;/h2-3H,1H3;1-2H,(H,3,4,5);/q;;+1/p-1. The molecule has 0 aromatic heterocycles. The molecule has 0 aromatic rings. The quantitative estimate of drug-likeness (QED) is 0.183. The monoisotopic (exact) mass is 182 g/mol. The first-order valence-corrected chi connectivity index (χ1v) is 3.06. The fourth-order valence-electron chi connectivity index (χ4n) is 0. The van der Waals surface area contributed by atoms with Crippen molar-refractivity contribution in [3.05, 3.63) is 0 Å². The van der Waals surface area contributed by atoms with E-state index in [4.69, 9.17) is 23.4 Å². The van der Waals surface area contributed by atoms with E-state index in [1.165, 1.54) is 7.05 Å². The van der Waals surface area contributed by atoms with Gasteiger partial charge in [-0.15, -0.1) is 4.89 Å². The van der Waals surface area contributed by atoms with Gasteiger partial charge in [-0.05, 0) is 0 Å². The van der Waals surface area contributed by atoms with Gasteiger partial charge < -0.3 is 15.0 Å². The minimum atomic E-state index is -4.61. The maximum absolute atomic E-state index is 9.08. The number of rotatable bonds is 1. The van der Waals surface area contributed by atoms with Crippen LogP contribution in [0.3, 0.4) is 0 Å². The van der Waals surface area contributed by atoms with Gasteiger partial charge in [-0.25, -0.2) is 13.9 Å². The molecule has 0 fully saturated rings. The zero-order valence-electron chi connectivity index (χ0n) is 5.53. The van der Waals surface area contributed by atoms with Gasteiger partial charge in [-0.1, -0.05) is 0 Å². The molecule has 4 N–H and O–H groups in total. The predicted octanol–water partition coefficient (Wildman–Crippen LogP) is -4.98. The number of hydrogen-bond acceptors (Lipinski definition) is 6. The van der Waals surface area contributed by atoms with Gasteiger partial charge in [0.15, 0.2) is 10.3 Å². The van der Waals surface area contributed by atoms with Gasteiger partial charge in [-0.2, -0.15) is 0 Å². The van der Waals surface area contributed by atoms with Crippen LogP contribution in [0, 0.1) is 0 Å². The van der Waals surface area contributed by atoms with Crippen molar-refractivity contribution in [3.63, 3.8) is 0 Å². The SMILES string of the molecule is CNO.O=S(=O)([O-])NO.[Na+]. The van der Waals surface area contributed by atoms with E-state index >= 15 is 0 Å². The third-order valence-electron chi connectivity index (χ3n) is 0.112. The fourth-order valence-corrected chi connectivity index (χ4v) is 0. The van der Waals surface area contributed by atoms with E-state index in [0.29, 0.717) is 4.89 Å². The molecule has 0 unspecified atom stereocenters. The Hall–Kier alpha value is 0.750.